The van der Waals surface area contributed by atoms with Crippen LogP contribution in [-0.2, 0) is 4.79 Å². The smallest absolute Gasteiger partial charge is 0.308 e. The summed E-state index contributed by atoms with van der Waals surface area (Å²) < 4.78 is 6.34. The van der Waals surface area contributed by atoms with Gasteiger partial charge in [0.05, 0.1) is 5.69 Å². The van der Waals surface area contributed by atoms with E-state index in [2.05, 4.69) is 27.0 Å². The number of halogens is 1. The van der Waals surface area contributed by atoms with Crippen LogP contribution in [0.1, 0.15) is 19.0 Å². The highest BCUT2D eigenvalue weighted by atomic mass is 79.9. The van der Waals surface area contributed by atoms with Crippen molar-refractivity contribution in [2.75, 3.05) is 0 Å². The van der Waals surface area contributed by atoms with Crippen molar-refractivity contribution in [3.8, 4) is 17.0 Å². The van der Waals surface area contributed by atoms with Gasteiger partial charge < -0.3 is 4.74 Å². The molecule has 0 saturated carbocycles. The fourth-order valence-electron chi connectivity index (χ4n) is 2.34. The van der Waals surface area contributed by atoms with Crippen LogP contribution in [0.15, 0.2) is 65.4 Å². The second kappa shape index (κ2) is 7.36. The largest absolute Gasteiger partial charge is 0.424 e. The number of carbonyl (C=O) groups excluding carboxylic acids is 1. The van der Waals surface area contributed by atoms with Crippen LogP contribution in [-0.4, -0.2) is 15.9 Å². The lowest BCUT2D eigenvalue weighted by Gasteiger charge is -2.11. The number of ether oxygens (including phenoxy) is 1. The Balaban J connectivity index is 2.08. The predicted molar refractivity (Wildman–Crippen MR) is 97.5 cm³/mol. The highest BCUT2D eigenvalue weighted by molar-refractivity contribution is 9.11. The molecule has 0 N–H and O–H groups in total. The van der Waals surface area contributed by atoms with Crippen molar-refractivity contribution >= 4 is 27.5 Å². The van der Waals surface area contributed by atoms with Crippen LogP contribution in [0.25, 0.3) is 16.8 Å². The first-order valence-corrected chi connectivity index (χ1v) is 8.27. The Morgan fingerprint density at radius 3 is 2.83 bits per heavy atom. The van der Waals surface area contributed by atoms with E-state index in [4.69, 9.17) is 9.72 Å². The summed E-state index contributed by atoms with van der Waals surface area (Å²) in [5.74, 6) is 0.0775. The maximum atomic E-state index is 11.4. The Bertz CT molecular complexity index is 855. The number of pyridine rings is 2. The molecule has 4 nitrogen and oxygen atoms in total. The molecule has 1 aliphatic carbocycles. The van der Waals surface area contributed by atoms with Crippen molar-refractivity contribution in [3.05, 3.63) is 71.1 Å². The zero-order valence-electron chi connectivity index (χ0n) is 13.1. The third-order valence-corrected chi connectivity index (χ3v) is 4.00. The number of hydrogen-bond acceptors (Lipinski definition) is 4. The van der Waals surface area contributed by atoms with Gasteiger partial charge in [-0.15, -0.1) is 0 Å². The number of rotatable bonds is 3. The molecule has 2 aromatic rings. The van der Waals surface area contributed by atoms with Crippen LogP contribution >= 0.6 is 15.9 Å². The zero-order valence-corrected chi connectivity index (χ0v) is 14.7. The second-order valence-corrected chi connectivity index (χ2v) is 6.11. The van der Waals surface area contributed by atoms with E-state index in [0.29, 0.717) is 11.4 Å². The van der Waals surface area contributed by atoms with Crippen LogP contribution in [0.5, 0.6) is 5.75 Å². The van der Waals surface area contributed by atoms with Gasteiger partial charge in [-0.3, -0.25) is 9.78 Å². The molecule has 0 saturated heterocycles. The minimum atomic E-state index is -0.371. The van der Waals surface area contributed by atoms with Crippen LogP contribution in [0.2, 0.25) is 0 Å². The van der Waals surface area contributed by atoms with E-state index in [9.17, 15) is 4.79 Å². The van der Waals surface area contributed by atoms with Crippen LogP contribution in [0.3, 0.4) is 0 Å². The van der Waals surface area contributed by atoms with Crippen molar-refractivity contribution in [3.63, 3.8) is 0 Å². The highest BCUT2D eigenvalue weighted by Gasteiger charge is 2.14. The summed E-state index contributed by atoms with van der Waals surface area (Å²) in [6, 6.07) is 7.41. The van der Waals surface area contributed by atoms with Gasteiger partial charge in [-0.1, -0.05) is 34.2 Å². The topological polar surface area (TPSA) is 52.1 Å². The Morgan fingerprint density at radius 2 is 2.08 bits per heavy atom. The predicted octanol–water partition coefficient (Wildman–Crippen LogP) is 4.69. The molecule has 0 spiro atoms. The maximum Gasteiger partial charge on any atom is 0.308 e. The summed E-state index contributed by atoms with van der Waals surface area (Å²) in [6.07, 6.45) is 12.3. The molecule has 0 amide bonds. The van der Waals surface area contributed by atoms with Gasteiger partial charge in [0.2, 0.25) is 0 Å². The van der Waals surface area contributed by atoms with Crippen LogP contribution in [0.4, 0.5) is 0 Å². The normalized spacial score (nSPS) is 13.8. The minimum absolute atomic E-state index is 0.371. The molecule has 0 fully saturated rings. The highest BCUT2D eigenvalue weighted by Crippen LogP contribution is 2.31. The van der Waals surface area contributed by atoms with Gasteiger partial charge in [-0.25, -0.2) is 4.98 Å². The molecule has 5 heteroatoms. The van der Waals surface area contributed by atoms with E-state index in [1.165, 1.54) is 6.92 Å². The van der Waals surface area contributed by atoms with E-state index in [1.807, 2.05) is 36.4 Å². The van der Waals surface area contributed by atoms with Gasteiger partial charge in [0.25, 0.3) is 0 Å². The van der Waals surface area contributed by atoms with Gasteiger partial charge in [0.1, 0.15) is 5.69 Å². The molecule has 24 heavy (non-hydrogen) atoms. The third kappa shape index (κ3) is 3.86. The molecule has 3 rings (SSSR count). The molecule has 0 aromatic carbocycles. The van der Waals surface area contributed by atoms with Gasteiger partial charge in [0.15, 0.2) is 5.75 Å². The molecule has 2 heterocycles. The summed E-state index contributed by atoms with van der Waals surface area (Å²) in [4.78, 5) is 20.2. The molecule has 0 radical (unpaired) electrons. The molecule has 0 bridgehead atoms. The summed E-state index contributed by atoms with van der Waals surface area (Å²) in [6.45, 7) is 1.38. The molecule has 0 unspecified atom stereocenters. The number of esters is 1. The first-order valence-electron chi connectivity index (χ1n) is 7.47. The van der Waals surface area contributed by atoms with Crippen molar-refractivity contribution < 1.29 is 9.53 Å². The average Bonchev–Trinajstić information content (AvgIpc) is 2.80. The Kier molecular flexibility index (Phi) is 5.01. The summed E-state index contributed by atoms with van der Waals surface area (Å²) in [7, 11) is 0. The molecular formula is C19H15BrN2O2. The minimum Gasteiger partial charge on any atom is -0.424 e. The lowest BCUT2D eigenvalue weighted by molar-refractivity contribution is -0.131. The van der Waals surface area contributed by atoms with Crippen molar-refractivity contribution in [1.82, 2.24) is 9.97 Å². The summed E-state index contributed by atoms with van der Waals surface area (Å²) in [5, 5.41) is 0. The van der Waals surface area contributed by atoms with E-state index in [-0.39, 0.29) is 5.97 Å². The molecule has 1 aliphatic rings. The van der Waals surface area contributed by atoms with Crippen LogP contribution in [0, 0.1) is 0 Å². The lowest BCUT2D eigenvalue weighted by atomic mass is 10.1. The van der Waals surface area contributed by atoms with Gasteiger partial charge >= 0.3 is 5.97 Å². The average molecular weight is 383 g/mol. The third-order valence-electron chi connectivity index (χ3n) is 3.42. The van der Waals surface area contributed by atoms with Gasteiger partial charge in [0, 0.05) is 34.9 Å². The fourth-order valence-corrected chi connectivity index (χ4v) is 2.66. The summed E-state index contributed by atoms with van der Waals surface area (Å²) in [5.41, 5.74) is 3.23. The van der Waals surface area contributed by atoms with Crippen molar-refractivity contribution in [1.29, 1.82) is 0 Å². The van der Waals surface area contributed by atoms with Crippen molar-refractivity contribution in [2.45, 2.75) is 13.3 Å². The van der Waals surface area contributed by atoms with E-state index in [0.717, 1.165) is 27.7 Å². The SMILES string of the molecule is CC(=O)Oc1ccc(-c2cccnc2)nc1C1=CCC=C(Br)C=C1. The number of aromatic nitrogens is 2. The molecule has 120 valence electrons. The van der Waals surface area contributed by atoms with E-state index >= 15 is 0 Å². The second-order valence-electron chi connectivity index (χ2n) is 5.20. The maximum absolute atomic E-state index is 11.4. The zero-order chi connectivity index (χ0) is 16.9. The van der Waals surface area contributed by atoms with E-state index in [1.54, 1.807) is 18.5 Å². The van der Waals surface area contributed by atoms with Gasteiger partial charge in [-0.2, -0.15) is 0 Å². The lowest BCUT2D eigenvalue weighted by Crippen LogP contribution is -2.05. The molecule has 0 atom stereocenters. The first kappa shape index (κ1) is 16.3. The Hall–Kier alpha value is -2.53. The number of allylic oxidation sites excluding steroid dienone is 6. The molecule has 2 aromatic heterocycles. The number of carbonyl (C=O) groups is 1. The van der Waals surface area contributed by atoms with Gasteiger partial charge in [-0.05, 0) is 36.8 Å². The quantitative estimate of drug-likeness (QED) is 0.722. The monoisotopic (exact) mass is 382 g/mol. The first-order chi connectivity index (χ1) is 11.6. The Labute approximate surface area is 148 Å². The summed E-state index contributed by atoms with van der Waals surface area (Å²) >= 11 is 3.48. The standard InChI is InChI=1S/C19H15BrN2O2/c1-13(23)24-18-10-9-17(15-5-3-11-21-12-15)22-19(18)14-4-2-6-16(20)8-7-14/h3-12H,2H2,1H3. The fraction of sp³-hybridized carbons (Fsp3) is 0.105. The molecule has 0 aliphatic heterocycles. The van der Waals surface area contributed by atoms with E-state index < -0.39 is 0 Å². The molecular weight excluding hydrogens is 368 g/mol. The Morgan fingerprint density at radius 1 is 1.21 bits per heavy atom. The number of nitrogens with zero attached hydrogens (tertiary/aromatic N) is 2. The van der Waals surface area contributed by atoms with Crippen molar-refractivity contribution in [2.24, 2.45) is 0 Å². The van der Waals surface area contributed by atoms with Crippen LogP contribution < -0.4 is 4.74 Å². The number of hydrogen-bond donors (Lipinski definition) is 0.